The molecule has 4 nitrogen and oxygen atoms in total. The fourth-order valence-corrected chi connectivity index (χ4v) is 3.05. The maximum Gasteiger partial charge on any atom is 0.303 e. The van der Waals surface area contributed by atoms with E-state index in [1.807, 2.05) is 0 Å². The predicted molar refractivity (Wildman–Crippen MR) is 123 cm³/mol. The van der Waals surface area contributed by atoms with Crippen LogP contribution in [0.25, 0.3) is 0 Å². The summed E-state index contributed by atoms with van der Waals surface area (Å²) in [6.07, 6.45) is 25.8. The molecule has 0 aromatic carbocycles. The number of carboxylic acid groups (broad SMARTS) is 2. The van der Waals surface area contributed by atoms with E-state index in [1.54, 1.807) is 0 Å². The van der Waals surface area contributed by atoms with E-state index in [0.717, 1.165) is 32.1 Å². The lowest BCUT2D eigenvalue weighted by Gasteiger charge is -2.00. The first kappa shape index (κ1) is 29.9. The molecular weight excluding hydrogens is 364 g/mol. The summed E-state index contributed by atoms with van der Waals surface area (Å²) in [4.78, 5) is 20.3. The van der Waals surface area contributed by atoms with Crippen molar-refractivity contribution in [1.29, 1.82) is 0 Å². The standard InChI is InChI=1S/C18H34O2.C7H14O2/c1-2-3-4-5-6-7-8-9-10-11-12-13-14-15-16-17-18(19)20;1-2-3-4-5-6-7(8)9/h7-8H,2-6,9-17H2,1H3,(H,19,20);2-6H2,1H3,(H,8,9). The van der Waals surface area contributed by atoms with Gasteiger partial charge in [-0.3, -0.25) is 9.59 Å². The summed E-state index contributed by atoms with van der Waals surface area (Å²) >= 11 is 0. The summed E-state index contributed by atoms with van der Waals surface area (Å²) in [5, 5.41) is 16.7. The number of hydrogen-bond donors (Lipinski definition) is 2. The highest BCUT2D eigenvalue weighted by Crippen LogP contribution is 2.10. The highest BCUT2D eigenvalue weighted by atomic mass is 16.4. The Hall–Kier alpha value is -1.32. The van der Waals surface area contributed by atoms with Gasteiger partial charge in [0.25, 0.3) is 0 Å². The molecule has 0 fully saturated rings. The van der Waals surface area contributed by atoms with Gasteiger partial charge in [0, 0.05) is 12.8 Å². The van der Waals surface area contributed by atoms with Crippen LogP contribution in [0.2, 0.25) is 0 Å². The summed E-state index contributed by atoms with van der Waals surface area (Å²) in [5.74, 6) is -1.34. The monoisotopic (exact) mass is 412 g/mol. The van der Waals surface area contributed by atoms with Gasteiger partial charge in [-0.2, -0.15) is 0 Å². The van der Waals surface area contributed by atoms with Crippen LogP contribution in [-0.2, 0) is 9.59 Å². The van der Waals surface area contributed by atoms with E-state index < -0.39 is 11.9 Å². The summed E-state index contributed by atoms with van der Waals surface area (Å²) in [7, 11) is 0. The van der Waals surface area contributed by atoms with Crippen molar-refractivity contribution in [1.82, 2.24) is 0 Å². The molecule has 0 amide bonds. The SMILES string of the molecule is CCCCCCC(=O)O.CCCCCCC=CCCCCCCCCCC(=O)O. The zero-order valence-corrected chi connectivity index (χ0v) is 19.3. The molecule has 0 aromatic rings. The van der Waals surface area contributed by atoms with Crippen LogP contribution in [0.1, 0.15) is 136 Å². The quantitative estimate of drug-likeness (QED) is 0.156. The molecule has 172 valence electrons. The van der Waals surface area contributed by atoms with Gasteiger partial charge in [-0.25, -0.2) is 0 Å². The van der Waals surface area contributed by atoms with Crippen molar-refractivity contribution >= 4 is 11.9 Å². The van der Waals surface area contributed by atoms with Crippen LogP contribution in [0.4, 0.5) is 0 Å². The van der Waals surface area contributed by atoms with Gasteiger partial charge < -0.3 is 10.2 Å². The largest absolute Gasteiger partial charge is 0.481 e. The lowest BCUT2D eigenvalue weighted by molar-refractivity contribution is -0.138. The normalized spacial score (nSPS) is 10.7. The molecule has 29 heavy (non-hydrogen) atoms. The molecule has 0 atom stereocenters. The fraction of sp³-hybridized carbons (Fsp3) is 0.840. The Morgan fingerprint density at radius 3 is 1.21 bits per heavy atom. The second-order valence-electron chi connectivity index (χ2n) is 7.93. The molecule has 0 aliphatic carbocycles. The van der Waals surface area contributed by atoms with Gasteiger partial charge in [-0.15, -0.1) is 0 Å². The van der Waals surface area contributed by atoms with Crippen molar-refractivity contribution in [2.24, 2.45) is 0 Å². The van der Waals surface area contributed by atoms with Crippen molar-refractivity contribution in [3.8, 4) is 0 Å². The number of carbonyl (C=O) groups is 2. The Balaban J connectivity index is 0. The summed E-state index contributed by atoms with van der Waals surface area (Å²) < 4.78 is 0. The molecule has 0 spiro atoms. The maximum atomic E-state index is 10.3. The molecule has 0 saturated carbocycles. The second kappa shape index (κ2) is 26.7. The van der Waals surface area contributed by atoms with E-state index in [0.29, 0.717) is 12.8 Å². The van der Waals surface area contributed by atoms with Crippen molar-refractivity contribution in [2.45, 2.75) is 136 Å². The van der Waals surface area contributed by atoms with E-state index in [9.17, 15) is 9.59 Å². The highest BCUT2D eigenvalue weighted by Gasteiger charge is 1.96. The predicted octanol–water partition coefficient (Wildman–Crippen LogP) is 8.15. The Kier molecular flexibility index (Phi) is 27.5. The van der Waals surface area contributed by atoms with E-state index >= 15 is 0 Å². The first-order valence-electron chi connectivity index (χ1n) is 12.1. The number of hydrogen-bond acceptors (Lipinski definition) is 2. The maximum absolute atomic E-state index is 10.3. The Morgan fingerprint density at radius 1 is 0.517 bits per heavy atom. The third-order valence-electron chi connectivity index (χ3n) is 4.90. The second-order valence-corrected chi connectivity index (χ2v) is 7.93. The first-order valence-corrected chi connectivity index (χ1v) is 12.1. The minimum atomic E-state index is -0.675. The van der Waals surface area contributed by atoms with Gasteiger partial charge >= 0.3 is 11.9 Å². The van der Waals surface area contributed by atoms with E-state index in [1.165, 1.54) is 77.0 Å². The van der Waals surface area contributed by atoms with Crippen LogP contribution in [0.3, 0.4) is 0 Å². The highest BCUT2D eigenvalue weighted by molar-refractivity contribution is 5.66. The lowest BCUT2D eigenvalue weighted by Crippen LogP contribution is -1.93. The van der Waals surface area contributed by atoms with E-state index in [-0.39, 0.29) is 0 Å². The molecule has 0 rings (SSSR count). The number of carboxylic acids is 2. The van der Waals surface area contributed by atoms with E-state index in [4.69, 9.17) is 10.2 Å². The van der Waals surface area contributed by atoms with Crippen molar-refractivity contribution in [3.05, 3.63) is 12.2 Å². The third-order valence-corrected chi connectivity index (χ3v) is 4.90. The minimum absolute atomic E-state index is 0.333. The molecule has 2 N–H and O–H groups in total. The average molecular weight is 413 g/mol. The van der Waals surface area contributed by atoms with Gasteiger partial charge in [0.05, 0.1) is 0 Å². The Labute approximate surface area is 180 Å². The molecule has 0 radical (unpaired) electrons. The van der Waals surface area contributed by atoms with Gasteiger partial charge in [0.2, 0.25) is 0 Å². The van der Waals surface area contributed by atoms with Gasteiger partial charge in [-0.05, 0) is 38.5 Å². The van der Waals surface area contributed by atoms with Crippen molar-refractivity contribution < 1.29 is 19.8 Å². The molecule has 0 aliphatic rings. The fourth-order valence-electron chi connectivity index (χ4n) is 3.05. The molecule has 0 aromatic heterocycles. The zero-order valence-electron chi connectivity index (χ0n) is 19.3. The zero-order chi connectivity index (χ0) is 22.0. The molecule has 0 heterocycles. The van der Waals surface area contributed by atoms with Crippen LogP contribution in [0.5, 0.6) is 0 Å². The summed E-state index contributed by atoms with van der Waals surface area (Å²) in [5.41, 5.74) is 0. The van der Waals surface area contributed by atoms with Gasteiger partial charge in [0.1, 0.15) is 0 Å². The summed E-state index contributed by atoms with van der Waals surface area (Å²) in [6.45, 7) is 4.36. The molecule has 0 aliphatic heterocycles. The van der Waals surface area contributed by atoms with Crippen LogP contribution in [0.15, 0.2) is 12.2 Å². The Bertz CT molecular complexity index is 377. The molecule has 0 bridgehead atoms. The van der Waals surface area contributed by atoms with Crippen LogP contribution >= 0.6 is 0 Å². The number of rotatable bonds is 20. The van der Waals surface area contributed by atoms with Gasteiger partial charge in [0.15, 0.2) is 0 Å². The Morgan fingerprint density at radius 2 is 0.828 bits per heavy atom. The van der Waals surface area contributed by atoms with Crippen LogP contribution < -0.4 is 0 Å². The molecular formula is C25H48O4. The smallest absolute Gasteiger partial charge is 0.303 e. The summed E-state index contributed by atoms with van der Waals surface area (Å²) in [6, 6.07) is 0. The van der Waals surface area contributed by atoms with E-state index in [2.05, 4.69) is 26.0 Å². The average Bonchev–Trinajstić information content (AvgIpc) is 2.68. The molecule has 0 unspecified atom stereocenters. The molecule has 0 saturated heterocycles. The van der Waals surface area contributed by atoms with Crippen LogP contribution in [0, 0.1) is 0 Å². The lowest BCUT2D eigenvalue weighted by atomic mass is 10.1. The number of allylic oxidation sites excluding steroid dienone is 2. The van der Waals surface area contributed by atoms with Gasteiger partial charge in [-0.1, -0.05) is 96.6 Å². The number of unbranched alkanes of at least 4 members (excludes halogenated alkanes) is 14. The third kappa shape index (κ3) is 34.6. The first-order chi connectivity index (χ1) is 14.0. The van der Waals surface area contributed by atoms with Crippen LogP contribution in [-0.4, -0.2) is 22.2 Å². The minimum Gasteiger partial charge on any atom is -0.481 e. The molecule has 4 heteroatoms. The van der Waals surface area contributed by atoms with Crippen molar-refractivity contribution in [3.63, 3.8) is 0 Å². The van der Waals surface area contributed by atoms with Crippen molar-refractivity contribution in [2.75, 3.05) is 0 Å². The topological polar surface area (TPSA) is 74.6 Å². The number of aliphatic carboxylic acids is 2.